The highest BCUT2D eigenvalue weighted by Gasteiger charge is 2.15. The van der Waals surface area contributed by atoms with Crippen molar-refractivity contribution in [1.29, 1.82) is 0 Å². The summed E-state index contributed by atoms with van der Waals surface area (Å²) >= 11 is 0. The third-order valence-electron chi connectivity index (χ3n) is 2.40. The van der Waals surface area contributed by atoms with E-state index in [4.69, 9.17) is 5.73 Å². The lowest BCUT2D eigenvalue weighted by atomic mass is 10.1. The van der Waals surface area contributed by atoms with E-state index in [-0.39, 0.29) is 6.04 Å². The van der Waals surface area contributed by atoms with Crippen LogP contribution in [0.2, 0.25) is 0 Å². The van der Waals surface area contributed by atoms with Crippen molar-refractivity contribution in [3.63, 3.8) is 0 Å². The fraction of sp³-hybridized carbons (Fsp3) is 0.556. The van der Waals surface area contributed by atoms with E-state index in [2.05, 4.69) is 20.5 Å². The lowest BCUT2D eigenvalue weighted by Crippen LogP contribution is -2.14. The minimum absolute atomic E-state index is 0.141. The summed E-state index contributed by atoms with van der Waals surface area (Å²) in [5, 5.41) is 16.0. The minimum Gasteiger partial charge on any atom is -0.323 e. The molecule has 0 aliphatic carbocycles. The Labute approximate surface area is 93.2 Å². The fourth-order valence-corrected chi connectivity index (χ4v) is 1.69. The van der Waals surface area contributed by atoms with Gasteiger partial charge in [-0.05, 0) is 12.1 Å². The molecule has 7 nitrogen and oxygen atoms in total. The third-order valence-corrected chi connectivity index (χ3v) is 2.40. The van der Waals surface area contributed by atoms with Crippen LogP contribution < -0.4 is 5.73 Å². The van der Waals surface area contributed by atoms with E-state index in [0.29, 0.717) is 12.2 Å². The zero-order chi connectivity index (χ0) is 11.7. The van der Waals surface area contributed by atoms with Crippen LogP contribution in [0.15, 0.2) is 6.20 Å². The molecule has 0 amide bonds. The zero-order valence-corrected chi connectivity index (χ0v) is 9.62. The molecule has 1 atom stereocenters. The summed E-state index contributed by atoms with van der Waals surface area (Å²) in [6, 6.07) is -0.141. The second-order valence-corrected chi connectivity index (χ2v) is 3.85. The second kappa shape index (κ2) is 4.01. The molecule has 0 aliphatic rings. The van der Waals surface area contributed by atoms with Crippen molar-refractivity contribution in [3.05, 3.63) is 23.3 Å². The summed E-state index contributed by atoms with van der Waals surface area (Å²) in [4.78, 5) is 1.43. The number of aromatic nitrogens is 6. The van der Waals surface area contributed by atoms with Crippen LogP contribution in [0.1, 0.15) is 23.1 Å². The molecule has 1 unspecified atom stereocenters. The first-order chi connectivity index (χ1) is 7.56. The highest BCUT2D eigenvalue weighted by atomic mass is 15.6. The van der Waals surface area contributed by atoms with Crippen LogP contribution in [0.25, 0.3) is 0 Å². The van der Waals surface area contributed by atoms with Crippen molar-refractivity contribution >= 4 is 0 Å². The van der Waals surface area contributed by atoms with E-state index in [0.717, 1.165) is 11.3 Å². The lowest BCUT2D eigenvalue weighted by Gasteiger charge is -2.06. The van der Waals surface area contributed by atoms with Gasteiger partial charge in [0.25, 0.3) is 0 Å². The number of hydrogen-bond donors (Lipinski definition) is 1. The molecule has 2 rings (SSSR count). The lowest BCUT2D eigenvalue weighted by molar-refractivity contribution is 0.622. The number of nitrogens with two attached hydrogens (primary N) is 1. The van der Waals surface area contributed by atoms with Gasteiger partial charge < -0.3 is 5.73 Å². The summed E-state index contributed by atoms with van der Waals surface area (Å²) in [6.45, 7) is 1.94. The standard InChI is InChI=1S/C9H15N7/c1-6-7(5-15(2)12-6)8(10)4-9-11-14-16(3)13-9/h5,8H,4,10H2,1-3H3. The topological polar surface area (TPSA) is 87.4 Å². The highest BCUT2D eigenvalue weighted by Crippen LogP contribution is 2.16. The Bertz CT molecular complexity index is 484. The van der Waals surface area contributed by atoms with Gasteiger partial charge in [0.05, 0.1) is 12.7 Å². The van der Waals surface area contributed by atoms with Crippen molar-refractivity contribution in [2.45, 2.75) is 19.4 Å². The van der Waals surface area contributed by atoms with Gasteiger partial charge in [0.2, 0.25) is 0 Å². The minimum atomic E-state index is -0.141. The second-order valence-electron chi connectivity index (χ2n) is 3.85. The van der Waals surface area contributed by atoms with Crippen LogP contribution in [-0.4, -0.2) is 30.0 Å². The Morgan fingerprint density at radius 1 is 1.38 bits per heavy atom. The Hall–Kier alpha value is -1.76. The van der Waals surface area contributed by atoms with Gasteiger partial charge in [-0.2, -0.15) is 9.90 Å². The van der Waals surface area contributed by atoms with E-state index >= 15 is 0 Å². The maximum Gasteiger partial charge on any atom is 0.176 e. The fourth-order valence-electron chi connectivity index (χ4n) is 1.69. The summed E-state index contributed by atoms with van der Waals surface area (Å²) < 4.78 is 1.76. The smallest absolute Gasteiger partial charge is 0.176 e. The van der Waals surface area contributed by atoms with Crippen molar-refractivity contribution in [1.82, 2.24) is 30.0 Å². The molecule has 2 heterocycles. The first-order valence-electron chi connectivity index (χ1n) is 5.05. The normalized spacial score (nSPS) is 13.0. The molecule has 0 bridgehead atoms. The van der Waals surface area contributed by atoms with Crippen LogP contribution in [0.4, 0.5) is 0 Å². The summed E-state index contributed by atoms with van der Waals surface area (Å²) in [6.07, 6.45) is 2.50. The molecule has 0 aromatic carbocycles. The summed E-state index contributed by atoms with van der Waals surface area (Å²) in [5.41, 5.74) is 8.05. The van der Waals surface area contributed by atoms with Crippen LogP contribution in [-0.2, 0) is 20.5 Å². The molecule has 2 aromatic rings. The summed E-state index contributed by atoms with van der Waals surface area (Å²) in [7, 11) is 3.61. The monoisotopic (exact) mass is 221 g/mol. The van der Waals surface area contributed by atoms with Gasteiger partial charge in [0, 0.05) is 31.3 Å². The Morgan fingerprint density at radius 3 is 2.62 bits per heavy atom. The largest absolute Gasteiger partial charge is 0.323 e. The average molecular weight is 221 g/mol. The number of nitrogens with zero attached hydrogens (tertiary/aromatic N) is 6. The number of rotatable bonds is 3. The highest BCUT2D eigenvalue weighted by molar-refractivity contribution is 5.20. The third kappa shape index (κ3) is 2.08. The maximum atomic E-state index is 6.08. The first-order valence-corrected chi connectivity index (χ1v) is 5.05. The number of tetrazole rings is 1. The van der Waals surface area contributed by atoms with Gasteiger partial charge in [-0.25, -0.2) is 0 Å². The molecule has 0 spiro atoms. The predicted octanol–water partition coefficient (Wildman–Crippen LogP) is -0.505. The van der Waals surface area contributed by atoms with Crippen LogP contribution in [0.3, 0.4) is 0 Å². The predicted molar refractivity (Wildman–Crippen MR) is 57.4 cm³/mol. The molecule has 0 aliphatic heterocycles. The van der Waals surface area contributed by atoms with Crippen LogP contribution in [0, 0.1) is 6.92 Å². The van der Waals surface area contributed by atoms with Crippen molar-refractivity contribution in [3.8, 4) is 0 Å². The van der Waals surface area contributed by atoms with E-state index in [9.17, 15) is 0 Å². The zero-order valence-electron chi connectivity index (χ0n) is 9.62. The van der Waals surface area contributed by atoms with Crippen molar-refractivity contribution in [2.75, 3.05) is 0 Å². The van der Waals surface area contributed by atoms with E-state index in [1.165, 1.54) is 4.80 Å². The SMILES string of the molecule is Cc1nn(C)cc1C(N)Cc1nnn(C)n1. The Morgan fingerprint density at radius 2 is 2.12 bits per heavy atom. The van der Waals surface area contributed by atoms with Gasteiger partial charge in [-0.3, -0.25) is 4.68 Å². The molecule has 0 fully saturated rings. The molecule has 0 saturated heterocycles. The molecule has 2 aromatic heterocycles. The quantitative estimate of drug-likeness (QED) is 0.754. The molecular weight excluding hydrogens is 206 g/mol. The van der Waals surface area contributed by atoms with Gasteiger partial charge in [-0.15, -0.1) is 10.2 Å². The Kier molecular flexibility index (Phi) is 2.69. The molecule has 0 radical (unpaired) electrons. The Balaban J connectivity index is 2.14. The first kappa shape index (κ1) is 10.7. The molecule has 16 heavy (non-hydrogen) atoms. The molecule has 86 valence electrons. The number of hydrogen-bond acceptors (Lipinski definition) is 5. The summed E-state index contributed by atoms with van der Waals surface area (Å²) in [5.74, 6) is 0.651. The van der Waals surface area contributed by atoms with Crippen molar-refractivity contribution < 1.29 is 0 Å². The van der Waals surface area contributed by atoms with Crippen molar-refractivity contribution in [2.24, 2.45) is 19.8 Å². The van der Waals surface area contributed by atoms with Gasteiger partial charge in [0.1, 0.15) is 0 Å². The van der Waals surface area contributed by atoms with Crippen LogP contribution >= 0.6 is 0 Å². The molecule has 0 saturated carbocycles. The average Bonchev–Trinajstić information content (AvgIpc) is 2.73. The molecule has 7 heteroatoms. The van der Waals surface area contributed by atoms with Gasteiger partial charge >= 0.3 is 0 Å². The molecular formula is C9H15N7. The van der Waals surface area contributed by atoms with E-state index in [1.54, 1.807) is 11.7 Å². The van der Waals surface area contributed by atoms with E-state index in [1.807, 2.05) is 20.2 Å². The van der Waals surface area contributed by atoms with Gasteiger partial charge in [0.15, 0.2) is 5.82 Å². The van der Waals surface area contributed by atoms with E-state index < -0.39 is 0 Å². The number of aryl methyl sites for hydroxylation is 3. The maximum absolute atomic E-state index is 6.08. The van der Waals surface area contributed by atoms with Gasteiger partial charge in [-0.1, -0.05) is 0 Å². The molecule has 2 N–H and O–H groups in total. The van der Waals surface area contributed by atoms with Crippen LogP contribution in [0.5, 0.6) is 0 Å².